The van der Waals surface area contributed by atoms with Gasteiger partial charge in [0.2, 0.25) is 0 Å². The van der Waals surface area contributed by atoms with E-state index in [1.807, 2.05) is 12.1 Å². The Hall–Kier alpha value is -1.13. The van der Waals surface area contributed by atoms with Gasteiger partial charge in [0.15, 0.2) is 11.5 Å². The Morgan fingerprint density at radius 1 is 1.47 bits per heavy atom. The van der Waals surface area contributed by atoms with Gasteiger partial charge in [0, 0.05) is 18.7 Å². The Morgan fingerprint density at radius 2 is 2.40 bits per heavy atom. The van der Waals surface area contributed by atoms with E-state index in [1.165, 1.54) is 0 Å². The van der Waals surface area contributed by atoms with Crippen molar-refractivity contribution in [3.63, 3.8) is 0 Å². The van der Waals surface area contributed by atoms with Crippen LogP contribution < -0.4 is 0 Å². The minimum Gasteiger partial charge on any atom is -0.381 e. The van der Waals surface area contributed by atoms with Crippen molar-refractivity contribution >= 4 is 17.2 Å². The van der Waals surface area contributed by atoms with Gasteiger partial charge in [-0.3, -0.25) is 0 Å². The molecule has 0 spiro atoms. The maximum absolute atomic E-state index is 5.87. The van der Waals surface area contributed by atoms with Crippen LogP contribution in [0, 0.1) is 0 Å². The first-order valence-electron chi connectivity index (χ1n) is 4.92. The molecule has 0 aromatic carbocycles. The van der Waals surface area contributed by atoms with Crippen LogP contribution in [0.4, 0.5) is 0 Å². The topological polar surface area (TPSA) is 39.4 Å². The first kappa shape index (κ1) is 9.12. The summed E-state index contributed by atoms with van der Waals surface area (Å²) in [6, 6.07) is 3.69. The number of nitrogens with zero attached hydrogens (tertiary/aromatic N) is 3. The van der Waals surface area contributed by atoms with E-state index in [0.29, 0.717) is 10.9 Å². The standard InChI is InChI=1S/C10H10ClN3O/c11-8-1-2-9-12-10(13-14(9)5-8)7-3-4-15-6-7/h1-2,5,7H,3-4,6H2. The zero-order valence-electron chi connectivity index (χ0n) is 8.06. The zero-order chi connectivity index (χ0) is 10.3. The lowest BCUT2D eigenvalue weighted by Gasteiger charge is -1.98. The molecule has 1 atom stereocenters. The van der Waals surface area contributed by atoms with Gasteiger partial charge in [-0.1, -0.05) is 11.6 Å². The molecule has 0 bridgehead atoms. The van der Waals surface area contributed by atoms with Crippen LogP contribution in [-0.2, 0) is 4.74 Å². The molecule has 2 aromatic heterocycles. The van der Waals surface area contributed by atoms with Crippen LogP contribution in [0.15, 0.2) is 18.3 Å². The van der Waals surface area contributed by atoms with Crippen LogP contribution in [-0.4, -0.2) is 27.8 Å². The van der Waals surface area contributed by atoms with E-state index >= 15 is 0 Å². The van der Waals surface area contributed by atoms with Crippen LogP contribution in [0.5, 0.6) is 0 Å². The smallest absolute Gasteiger partial charge is 0.157 e. The number of hydrogen-bond donors (Lipinski definition) is 0. The van der Waals surface area contributed by atoms with Crippen LogP contribution >= 0.6 is 11.6 Å². The number of rotatable bonds is 1. The summed E-state index contributed by atoms with van der Waals surface area (Å²) >= 11 is 5.87. The van der Waals surface area contributed by atoms with Crippen molar-refractivity contribution in [2.24, 2.45) is 0 Å². The van der Waals surface area contributed by atoms with Gasteiger partial charge in [-0.15, -0.1) is 0 Å². The average Bonchev–Trinajstić information content (AvgIpc) is 2.84. The van der Waals surface area contributed by atoms with Gasteiger partial charge in [-0.25, -0.2) is 9.50 Å². The second-order valence-corrected chi connectivity index (χ2v) is 4.12. The first-order chi connectivity index (χ1) is 7.33. The fraction of sp³-hybridized carbons (Fsp3) is 0.400. The van der Waals surface area contributed by atoms with E-state index in [1.54, 1.807) is 10.7 Å². The summed E-state index contributed by atoms with van der Waals surface area (Å²) in [5, 5.41) is 5.06. The van der Waals surface area contributed by atoms with Crippen LogP contribution in [0.1, 0.15) is 18.2 Å². The van der Waals surface area contributed by atoms with E-state index in [4.69, 9.17) is 16.3 Å². The maximum Gasteiger partial charge on any atom is 0.157 e. The summed E-state index contributed by atoms with van der Waals surface area (Å²) in [5.41, 5.74) is 0.835. The molecule has 2 aromatic rings. The lowest BCUT2D eigenvalue weighted by Crippen LogP contribution is -2.00. The molecule has 0 N–H and O–H groups in total. The second-order valence-electron chi connectivity index (χ2n) is 3.68. The quantitative estimate of drug-likeness (QED) is 0.741. The minimum absolute atomic E-state index is 0.337. The summed E-state index contributed by atoms with van der Waals surface area (Å²) in [5.74, 6) is 1.19. The van der Waals surface area contributed by atoms with Crippen molar-refractivity contribution in [1.29, 1.82) is 0 Å². The Kier molecular flexibility index (Phi) is 2.11. The van der Waals surface area contributed by atoms with E-state index in [9.17, 15) is 0 Å². The third-order valence-electron chi connectivity index (χ3n) is 2.61. The molecule has 3 rings (SSSR count). The SMILES string of the molecule is Clc1ccc2nc(C3CCOC3)nn2c1. The average molecular weight is 224 g/mol. The molecule has 4 nitrogen and oxygen atoms in total. The van der Waals surface area contributed by atoms with Gasteiger partial charge in [0.05, 0.1) is 11.6 Å². The molecule has 0 amide bonds. The predicted molar refractivity (Wildman–Crippen MR) is 56.2 cm³/mol. The van der Waals surface area contributed by atoms with Crippen LogP contribution in [0.25, 0.3) is 5.65 Å². The summed E-state index contributed by atoms with van der Waals surface area (Å²) in [7, 11) is 0. The van der Waals surface area contributed by atoms with Crippen molar-refractivity contribution in [2.45, 2.75) is 12.3 Å². The Balaban J connectivity index is 2.05. The molecule has 15 heavy (non-hydrogen) atoms. The van der Waals surface area contributed by atoms with Gasteiger partial charge in [0.1, 0.15) is 0 Å². The van der Waals surface area contributed by atoms with Crippen molar-refractivity contribution in [2.75, 3.05) is 13.2 Å². The molecule has 0 aliphatic carbocycles. The molecule has 3 heterocycles. The third kappa shape index (κ3) is 1.60. The molecule has 0 saturated carbocycles. The molecule has 5 heteroatoms. The number of fused-ring (bicyclic) bond motifs is 1. The van der Waals surface area contributed by atoms with Crippen molar-refractivity contribution < 1.29 is 4.74 Å². The van der Waals surface area contributed by atoms with Crippen LogP contribution in [0.3, 0.4) is 0 Å². The largest absolute Gasteiger partial charge is 0.381 e. The highest BCUT2D eigenvalue weighted by Gasteiger charge is 2.21. The normalized spacial score (nSPS) is 21.3. The zero-order valence-corrected chi connectivity index (χ0v) is 8.81. The van der Waals surface area contributed by atoms with E-state index in [2.05, 4.69) is 10.1 Å². The van der Waals surface area contributed by atoms with E-state index in [-0.39, 0.29) is 0 Å². The van der Waals surface area contributed by atoms with E-state index in [0.717, 1.165) is 31.1 Å². The van der Waals surface area contributed by atoms with Gasteiger partial charge < -0.3 is 4.74 Å². The lowest BCUT2D eigenvalue weighted by molar-refractivity contribution is 0.193. The molecular weight excluding hydrogens is 214 g/mol. The van der Waals surface area contributed by atoms with Crippen molar-refractivity contribution in [1.82, 2.24) is 14.6 Å². The molecule has 1 aliphatic rings. The predicted octanol–water partition coefficient (Wildman–Crippen LogP) is 1.89. The van der Waals surface area contributed by atoms with E-state index < -0.39 is 0 Å². The number of hydrogen-bond acceptors (Lipinski definition) is 3. The highest BCUT2D eigenvalue weighted by Crippen LogP contribution is 2.23. The highest BCUT2D eigenvalue weighted by atomic mass is 35.5. The molecule has 0 radical (unpaired) electrons. The summed E-state index contributed by atoms with van der Waals surface area (Å²) in [6.45, 7) is 1.53. The lowest BCUT2D eigenvalue weighted by atomic mass is 10.1. The summed E-state index contributed by atoms with van der Waals surface area (Å²) < 4.78 is 7.03. The molecule has 1 fully saturated rings. The summed E-state index contributed by atoms with van der Waals surface area (Å²) in [6.07, 6.45) is 2.77. The van der Waals surface area contributed by atoms with Crippen LogP contribution in [0.2, 0.25) is 5.02 Å². The molecular formula is C10H10ClN3O. The second kappa shape index (κ2) is 3.47. The van der Waals surface area contributed by atoms with Crippen molar-refractivity contribution in [3.05, 3.63) is 29.2 Å². The Labute approximate surface area is 91.8 Å². The maximum atomic E-state index is 5.87. The number of ether oxygens (including phenoxy) is 1. The minimum atomic E-state index is 0.337. The fourth-order valence-electron chi connectivity index (χ4n) is 1.79. The van der Waals surface area contributed by atoms with Crippen molar-refractivity contribution in [3.8, 4) is 0 Å². The highest BCUT2D eigenvalue weighted by molar-refractivity contribution is 6.30. The molecule has 1 unspecified atom stereocenters. The molecule has 1 saturated heterocycles. The Bertz CT molecular complexity index is 490. The number of pyridine rings is 1. The molecule has 1 aliphatic heterocycles. The van der Waals surface area contributed by atoms with Gasteiger partial charge >= 0.3 is 0 Å². The Morgan fingerprint density at radius 3 is 3.20 bits per heavy atom. The monoisotopic (exact) mass is 223 g/mol. The van der Waals surface area contributed by atoms with Gasteiger partial charge in [-0.2, -0.15) is 5.10 Å². The van der Waals surface area contributed by atoms with Gasteiger partial charge in [0.25, 0.3) is 0 Å². The molecule has 78 valence electrons. The third-order valence-corrected chi connectivity index (χ3v) is 2.83. The summed E-state index contributed by atoms with van der Waals surface area (Å²) in [4.78, 5) is 4.45. The number of halogens is 1. The van der Waals surface area contributed by atoms with Gasteiger partial charge in [-0.05, 0) is 18.6 Å². The first-order valence-corrected chi connectivity index (χ1v) is 5.30. The fourth-order valence-corrected chi connectivity index (χ4v) is 1.94. The number of aromatic nitrogens is 3.